The third kappa shape index (κ3) is 2.87. The zero-order chi connectivity index (χ0) is 16.0. The second-order valence-corrected chi connectivity index (χ2v) is 9.66. The van der Waals surface area contributed by atoms with E-state index in [0.29, 0.717) is 17.3 Å². The van der Waals surface area contributed by atoms with Gasteiger partial charge in [-0.05, 0) is 73.5 Å². The van der Waals surface area contributed by atoms with Gasteiger partial charge in [-0.2, -0.15) is 0 Å². The van der Waals surface area contributed by atoms with Gasteiger partial charge in [0.05, 0.1) is 5.60 Å². The molecule has 3 fully saturated rings. The van der Waals surface area contributed by atoms with Gasteiger partial charge in [0.15, 0.2) is 0 Å². The molecule has 1 N–H and O–H groups in total. The van der Waals surface area contributed by atoms with E-state index in [0.717, 1.165) is 24.2 Å². The summed E-state index contributed by atoms with van der Waals surface area (Å²) in [5, 5.41) is 11.4. The van der Waals surface area contributed by atoms with Gasteiger partial charge in [-0.3, -0.25) is 0 Å². The van der Waals surface area contributed by atoms with Crippen LogP contribution in [0.25, 0.3) is 0 Å². The maximum Gasteiger partial charge on any atom is 0.0709 e. The second kappa shape index (κ2) is 6.11. The molecule has 0 amide bonds. The summed E-state index contributed by atoms with van der Waals surface area (Å²) < 4.78 is 0. The molecule has 0 radical (unpaired) electrons. The van der Waals surface area contributed by atoms with Crippen LogP contribution in [0.3, 0.4) is 0 Å². The Labute approximate surface area is 138 Å². The minimum Gasteiger partial charge on any atom is -0.389 e. The van der Waals surface area contributed by atoms with Crippen LogP contribution in [0.15, 0.2) is 0 Å². The molecule has 0 aliphatic heterocycles. The van der Waals surface area contributed by atoms with E-state index in [-0.39, 0.29) is 5.60 Å². The van der Waals surface area contributed by atoms with Gasteiger partial charge in [0.1, 0.15) is 0 Å². The zero-order valence-electron chi connectivity index (χ0n) is 15.4. The predicted molar refractivity (Wildman–Crippen MR) is 93.7 cm³/mol. The molecular weight excluding hydrogens is 268 g/mol. The topological polar surface area (TPSA) is 20.2 Å². The molecule has 3 saturated carbocycles. The molecule has 3 rings (SSSR count). The Bertz CT molecular complexity index is 385. The highest BCUT2D eigenvalue weighted by Gasteiger charge is 2.61. The summed E-state index contributed by atoms with van der Waals surface area (Å²) in [5.74, 6) is 3.78. The smallest absolute Gasteiger partial charge is 0.0709 e. The third-order valence-electron chi connectivity index (χ3n) is 7.72. The Morgan fingerprint density at radius 2 is 1.73 bits per heavy atom. The molecule has 3 aliphatic rings. The first-order valence-electron chi connectivity index (χ1n) is 10.1. The van der Waals surface area contributed by atoms with Crippen molar-refractivity contribution in [3.63, 3.8) is 0 Å². The van der Waals surface area contributed by atoms with E-state index in [1.165, 1.54) is 57.8 Å². The van der Waals surface area contributed by atoms with Crippen LogP contribution in [0, 0.1) is 35.0 Å². The highest BCUT2D eigenvalue weighted by molar-refractivity contribution is 5.11. The number of aliphatic hydroxyl groups is 1. The van der Waals surface area contributed by atoms with Gasteiger partial charge in [0.2, 0.25) is 0 Å². The molecule has 0 aromatic rings. The molecule has 3 aliphatic carbocycles. The summed E-state index contributed by atoms with van der Waals surface area (Å²) in [6.07, 6.45) is 13.1. The lowest BCUT2D eigenvalue weighted by Gasteiger charge is -2.51. The Balaban J connectivity index is 1.67. The van der Waals surface area contributed by atoms with Crippen LogP contribution < -0.4 is 0 Å². The van der Waals surface area contributed by atoms with Crippen molar-refractivity contribution in [2.24, 2.45) is 35.0 Å². The van der Waals surface area contributed by atoms with Crippen LogP contribution in [-0.2, 0) is 0 Å². The van der Waals surface area contributed by atoms with Crippen LogP contribution in [0.4, 0.5) is 0 Å². The summed E-state index contributed by atoms with van der Waals surface area (Å²) in [6.45, 7) is 9.73. The van der Waals surface area contributed by atoms with E-state index < -0.39 is 0 Å². The quantitative estimate of drug-likeness (QED) is 0.657. The summed E-state index contributed by atoms with van der Waals surface area (Å²) in [7, 11) is 0. The Morgan fingerprint density at radius 1 is 1.00 bits per heavy atom. The fourth-order valence-electron chi connectivity index (χ4n) is 6.43. The normalized spacial score (nSPS) is 43.4. The molecule has 0 heterocycles. The van der Waals surface area contributed by atoms with E-state index in [1.807, 2.05) is 0 Å². The highest BCUT2D eigenvalue weighted by Crippen LogP contribution is 2.65. The van der Waals surface area contributed by atoms with Crippen molar-refractivity contribution in [2.75, 3.05) is 0 Å². The molecule has 0 bridgehead atoms. The van der Waals surface area contributed by atoms with Crippen LogP contribution in [0.1, 0.15) is 91.9 Å². The van der Waals surface area contributed by atoms with Gasteiger partial charge in [0.25, 0.3) is 0 Å². The molecule has 0 aromatic heterocycles. The summed E-state index contributed by atoms with van der Waals surface area (Å²) in [6, 6.07) is 0. The summed E-state index contributed by atoms with van der Waals surface area (Å²) in [4.78, 5) is 0. The van der Waals surface area contributed by atoms with Crippen molar-refractivity contribution in [1.29, 1.82) is 0 Å². The van der Waals surface area contributed by atoms with Crippen LogP contribution in [-0.4, -0.2) is 10.7 Å². The number of hydrogen-bond acceptors (Lipinski definition) is 1. The van der Waals surface area contributed by atoms with Gasteiger partial charge < -0.3 is 5.11 Å². The van der Waals surface area contributed by atoms with Crippen molar-refractivity contribution < 1.29 is 5.11 Å². The molecule has 1 heteroatoms. The Kier molecular flexibility index (Phi) is 4.67. The molecule has 0 saturated heterocycles. The SMILES string of the molecule is CC(C)CCC[C@@H](C)[C@H]1CC[C@H]2C(O)(C3CC3)CCC[C@]12C. The Hall–Kier alpha value is -0.0400. The highest BCUT2D eigenvalue weighted by atomic mass is 16.3. The van der Waals surface area contributed by atoms with E-state index in [2.05, 4.69) is 27.7 Å². The van der Waals surface area contributed by atoms with Crippen LogP contribution in [0.2, 0.25) is 0 Å². The van der Waals surface area contributed by atoms with Gasteiger partial charge in [-0.1, -0.05) is 53.4 Å². The maximum absolute atomic E-state index is 11.4. The standard InChI is InChI=1S/C21H38O/c1-15(2)7-5-8-16(3)18-11-12-19-20(18,4)13-6-14-21(19,22)17-9-10-17/h15-19,22H,5-14H2,1-4H3/t16-,18-,19-,20-,21?/m1/s1. The van der Waals surface area contributed by atoms with Gasteiger partial charge >= 0.3 is 0 Å². The molecule has 0 spiro atoms. The van der Waals surface area contributed by atoms with Crippen molar-refractivity contribution in [3.8, 4) is 0 Å². The molecule has 22 heavy (non-hydrogen) atoms. The molecule has 1 unspecified atom stereocenters. The molecule has 128 valence electrons. The van der Waals surface area contributed by atoms with Gasteiger partial charge in [0, 0.05) is 0 Å². The first kappa shape index (κ1) is 16.8. The van der Waals surface area contributed by atoms with E-state index in [1.54, 1.807) is 0 Å². The van der Waals surface area contributed by atoms with E-state index in [9.17, 15) is 5.11 Å². The molecule has 1 nitrogen and oxygen atoms in total. The second-order valence-electron chi connectivity index (χ2n) is 9.66. The van der Waals surface area contributed by atoms with E-state index >= 15 is 0 Å². The van der Waals surface area contributed by atoms with Crippen LogP contribution >= 0.6 is 0 Å². The van der Waals surface area contributed by atoms with Gasteiger partial charge in [-0.25, -0.2) is 0 Å². The zero-order valence-corrected chi connectivity index (χ0v) is 15.4. The lowest BCUT2D eigenvalue weighted by Crippen LogP contribution is -2.51. The first-order valence-corrected chi connectivity index (χ1v) is 10.1. The van der Waals surface area contributed by atoms with Crippen LogP contribution in [0.5, 0.6) is 0 Å². The molecule has 0 aromatic carbocycles. The summed E-state index contributed by atoms with van der Waals surface area (Å²) in [5.41, 5.74) is 0.131. The van der Waals surface area contributed by atoms with E-state index in [4.69, 9.17) is 0 Å². The fraction of sp³-hybridized carbons (Fsp3) is 1.00. The number of hydrogen-bond donors (Lipinski definition) is 1. The van der Waals surface area contributed by atoms with Crippen molar-refractivity contribution in [3.05, 3.63) is 0 Å². The first-order chi connectivity index (χ1) is 10.4. The lowest BCUT2D eigenvalue weighted by atomic mass is 9.56. The average molecular weight is 307 g/mol. The van der Waals surface area contributed by atoms with Crippen molar-refractivity contribution >= 4 is 0 Å². The summed E-state index contributed by atoms with van der Waals surface area (Å²) >= 11 is 0. The minimum atomic E-state index is -0.292. The minimum absolute atomic E-state index is 0.292. The monoisotopic (exact) mass is 306 g/mol. The molecular formula is C21H38O. The van der Waals surface area contributed by atoms with Crippen molar-refractivity contribution in [1.82, 2.24) is 0 Å². The Morgan fingerprint density at radius 3 is 2.36 bits per heavy atom. The lowest BCUT2D eigenvalue weighted by molar-refractivity contribution is -0.123. The molecule has 5 atom stereocenters. The predicted octanol–water partition coefficient (Wildman–Crippen LogP) is 5.81. The van der Waals surface area contributed by atoms with Gasteiger partial charge in [-0.15, -0.1) is 0 Å². The fourth-order valence-corrected chi connectivity index (χ4v) is 6.43. The average Bonchev–Trinajstić information content (AvgIpc) is 3.22. The van der Waals surface area contributed by atoms with Crippen molar-refractivity contribution in [2.45, 2.75) is 97.5 Å². The largest absolute Gasteiger partial charge is 0.389 e. The third-order valence-corrected chi connectivity index (χ3v) is 7.72. The number of rotatable bonds is 6. The maximum atomic E-state index is 11.4. The number of fused-ring (bicyclic) bond motifs is 1.